The number of methoxy groups -OCH3 is 1. The van der Waals surface area contributed by atoms with Gasteiger partial charge in [-0.25, -0.2) is 0 Å². The third kappa shape index (κ3) is 5.80. The molecule has 5 aliphatic rings. The SMILES string of the molecule is COC1=CC23CCCN2CCc2cc4c(cc2C3C1COC(O)C(O)(CCCC(C)(C)O)CC(=O)N1CC=CC1)OCO4. The fourth-order valence-corrected chi connectivity index (χ4v) is 7.88. The lowest BCUT2D eigenvalue weighted by atomic mass is 9.74. The lowest BCUT2D eigenvalue weighted by molar-refractivity contribution is -0.224. The topological polar surface area (TPSA) is 121 Å². The van der Waals surface area contributed by atoms with Crippen molar-refractivity contribution in [1.29, 1.82) is 0 Å². The Bertz CT molecular complexity index is 1270. The maximum absolute atomic E-state index is 13.1. The number of carbonyl (C=O) groups excluding carboxylic acids is 1. The summed E-state index contributed by atoms with van der Waals surface area (Å²) in [7, 11) is 1.67. The van der Waals surface area contributed by atoms with Gasteiger partial charge in [0.1, 0.15) is 5.60 Å². The van der Waals surface area contributed by atoms with Gasteiger partial charge in [0.15, 0.2) is 17.8 Å². The lowest BCUT2D eigenvalue weighted by Crippen LogP contribution is -2.49. The van der Waals surface area contributed by atoms with Crippen LogP contribution in [0.1, 0.15) is 69.4 Å². The molecule has 5 unspecified atom stereocenters. The summed E-state index contributed by atoms with van der Waals surface area (Å²) in [5.74, 6) is 1.83. The Morgan fingerprint density at radius 1 is 1.14 bits per heavy atom. The minimum Gasteiger partial charge on any atom is -0.501 e. The van der Waals surface area contributed by atoms with Gasteiger partial charge in [0.25, 0.3) is 0 Å². The first-order valence-corrected chi connectivity index (χ1v) is 15.6. The molecule has 6 rings (SSSR count). The highest BCUT2D eigenvalue weighted by Crippen LogP contribution is 2.57. The molecule has 1 aromatic rings. The summed E-state index contributed by atoms with van der Waals surface area (Å²) in [4.78, 5) is 17.3. The van der Waals surface area contributed by atoms with Crippen molar-refractivity contribution in [2.45, 2.75) is 87.7 Å². The van der Waals surface area contributed by atoms with Gasteiger partial charge in [0.05, 0.1) is 37.0 Å². The van der Waals surface area contributed by atoms with E-state index in [9.17, 15) is 20.1 Å². The van der Waals surface area contributed by atoms with Crippen molar-refractivity contribution >= 4 is 5.91 Å². The molecule has 5 atom stereocenters. The van der Waals surface area contributed by atoms with E-state index < -0.39 is 17.5 Å². The van der Waals surface area contributed by atoms with Gasteiger partial charge in [-0.2, -0.15) is 0 Å². The van der Waals surface area contributed by atoms with Crippen molar-refractivity contribution in [3.8, 4) is 11.5 Å². The van der Waals surface area contributed by atoms with Crippen LogP contribution in [-0.2, 0) is 20.7 Å². The maximum Gasteiger partial charge on any atom is 0.231 e. The Morgan fingerprint density at radius 3 is 2.60 bits per heavy atom. The first-order chi connectivity index (χ1) is 20.5. The number of aliphatic hydroxyl groups is 3. The molecule has 0 saturated carbocycles. The highest BCUT2D eigenvalue weighted by Gasteiger charge is 2.57. The fourth-order valence-electron chi connectivity index (χ4n) is 7.88. The monoisotopic (exact) mass is 598 g/mol. The number of aliphatic hydroxyl groups excluding tert-OH is 1. The number of carbonyl (C=O) groups is 1. The Balaban J connectivity index is 1.26. The number of ether oxygens (including phenoxy) is 4. The third-order valence-electron chi connectivity index (χ3n) is 10.1. The van der Waals surface area contributed by atoms with Gasteiger partial charge in [-0.15, -0.1) is 0 Å². The van der Waals surface area contributed by atoms with Crippen molar-refractivity contribution in [2.24, 2.45) is 5.92 Å². The Kier molecular flexibility index (Phi) is 8.27. The molecule has 236 valence electrons. The largest absolute Gasteiger partial charge is 0.501 e. The van der Waals surface area contributed by atoms with E-state index in [4.69, 9.17) is 18.9 Å². The van der Waals surface area contributed by atoms with Gasteiger partial charge in [-0.05, 0) is 88.3 Å². The van der Waals surface area contributed by atoms with Gasteiger partial charge in [0, 0.05) is 31.5 Å². The van der Waals surface area contributed by atoms with E-state index in [2.05, 4.69) is 23.1 Å². The van der Waals surface area contributed by atoms with Crippen molar-refractivity contribution in [3.05, 3.63) is 47.2 Å². The lowest BCUT2D eigenvalue weighted by Gasteiger charge is -2.40. The summed E-state index contributed by atoms with van der Waals surface area (Å²) >= 11 is 0. The van der Waals surface area contributed by atoms with E-state index in [1.165, 1.54) is 11.1 Å². The van der Waals surface area contributed by atoms with Gasteiger partial charge in [-0.3, -0.25) is 9.69 Å². The summed E-state index contributed by atoms with van der Waals surface area (Å²) in [6.07, 6.45) is 8.09. The summed E-state index contributed by atoms with van der Waals surface area (Å²) in [5, 5.41) is 33.5. The number of nitrogens with zero attached hydrogens (tertiary/aromatic N) is 2. The average molecular weight is 599 g/mol. The van der Waals surface area contributed by atoms with Crippen LogP contribution in [0, 0.1) is 5.92 Å². The first-order valence-electron chi connectivity index (χ1n) is 15.6. The molecule has 3 N–H and O–H groups in total. The van der Waals surface area contributed by atoms with Crippen LogP contribution < -0.4 is 9.47 Å². The van der Waals surface area contributed by atoms with Gasteiger partial charge >= 0.3 is 0 Å². The van der Waals surface area contributed by atoms with Crippen LogP contribution in [-0.4, -0.2) is 101 Å². The molecule has 1 saturated heterocycles. The minimum atomic E-state index is -1.81. The van der Waals surface area contributed by atoms with Crippen LogP contribution >= 0.6 is 0 Å². The summed E-state index contributed by atoms with van der Waals surface area (Å²) in [6.45, 7) is 6.60. The van der Waals surface area contributed by atoms with Crippen LogP contribution in [0.5, 0.6) is 11.5 Å². The number of hydrogen-bond acceptors (Lipinski definition) is 9. The second-order valence-corrected chi connectivity index (χ2v) is 13.5. The molecule has 1 aromatic carbocycles. The van der Waals surface area contributed by atoms with E-state index in [0.29, 0.717) is 25.9 Å². The van der Waals surface area contributed by atoms with Crippen LogP contribution in [0.2, 0.25) is 0 Å². The van der Waals surface area contributed by atoms with Crippen LogP contribution in [0.4, 0.5) is 0 Å². The molecule has 1 spiro atoms. The molecule has 10 heteroatoms. The third-order valence-corrected chi connectivity index (χ3v) is 10.1. The minimum absolute atomic E-state index is 0.00950. The molecule has 1 amide bonds. The standard InChI is InChI=1S/C33H46N2O8/c1-31(2,38)9-6-11-33(39,19-28(36)34-12-4-5-13-34)30(37)41-20-24-27(40-3)18-32-10-7-14-35(32)15-8-22-16-25-26(43-21-42-25)17-23(22)29(24)32/h4-5,16-18,24,29-30,37-39H,6-15,19-21H2,1-3H3. The van der Waals surface area contributed by atoms with Gasteiger partial charge < -0.3 is 39.2 Å². The van der Waals surface area contributed by atoms with E-state index in [1.54, 1.807) is 25.9 Å². The molecule has 43 heavy (non-hydrogen) atoms. The Morgan fingerprint density at radius 2 is 1.88 bits per heavy atom. The van der Waals surface area contributed by atoms with Crippen LogP contribution in [0.3, 0.4) is 0 Å². The molecular formula is C33H46N2O8. The van der Waals surface area contributed by atoms with E-state index in [1.807, 2.05) is 12.2 Å². The van der Waals surface area contributed by atoms with E-state index >= 15 is 0 Å². The fraction of sp³-hybridized carbons (Fsp3) is 0.667. The van der Waals surface area contributed by atoms with Crippen LogP contribution in [0.15, 0.2) is 36.1 Å². The Hall–Kier alpha value is -2.63. The van der Waals surface area contributed by atoms with Crippen molar-refractivity contribution in [2.75, 3.05) is 46.7 Å². The van der Waals surface area contributed by atoms with E-state index in [0.717, 1.165) is 49.6 Å². The summed E-state index contributed by atoms with van der Waals surface area (Å²) in [5.41, 5.74) is -0.596. The van der Waals surface area contributed by atoms with Crippen LogP contribution in [0.25, 0.3) is 0 Å². The Labute approximate surface area is 253 Å². The molecule has 4 heterocycles. The molecule has 0 bridgehead atoms. The van der Waals surface area contributed by atoms with Gasteiger partial charge in [-0.1, -0.05) is 12.2 Å². The molecule has 1 fully saturated rings. The van der Waals surface area contributed by atoms with Crippen molar-refractivity contribution < 1.29 is 39.1 Å². The highest BCUT2D eigenvalue weighted by molar-refractivity contribution is 5.78. The number of fused-ring (bicyclic) bond motifs is 3. The second-order valence-electron chi connectivity index (χ2n) is 13.5. The van der Waals surface area contributed by atoms with Gasteiger partial charge in [0.2, 0.25) is 12.7 Å². The van der Waals surface area contributed by atoms with Crippen molar-refractivity contribution in [1.82, 2.24) is 9.80 Å². The normalized spacial score (nSPS) is 28.1. The first kappa shape index (κ1) is 30.4. The van der Waals surface area contributed by atoms with E-state index in [-0.39, 0.29) is 49.5 Å². The number of benzene rings is 1. The molecular weight excluding hydrogens is 552 g/mol. The zero-order valence-corrected chi connectivity index (χ0v) is 25.6. The average Bonchev–Trinajstić information content (AvgIpc) is 3.76. The zero-order chi connectivity index (χ0) is 30.4. The number of hydrogen-bond donors (Lipinski definition) is 3. The van der Waals surface area contributed by atoms with Crippen molar-refractivity contribution in [3.63, 3.8) is 0 Å². The quantitative estimate of drug-likeness (QED) is 0.261. The zero-order valence-electron chi connectivity index (χ0n) is 25.6. The molecule has 1 aliphatic carbocycles. The smallest absolute Gasteiger partial charge is 0.231 e. The maximum atomic E-state index is 13.1. The molecule has 4 aliphatic heterocycles. The predicted octanol–water partition coefficient (Wildman–Crippen LogP) is 2.85. The highest BCUT2D eigenvalue weighted by atomic mass is 16.7. The summed E-state index contributed by atoms with van der Waals surface area (Å²) in [6, 6.07) is 4.21. The summed E-state index contributed by atoms with van der Waals surface area (Å²) < 4.78 is 23.6. The number of amides is 1. The molecule has 10 nitrogen and oxygen atoms in total. The molecule has 0 radical (unpaired) electrons. The predicted molar refractivity (Wildman–Crippen MR) is 159 cm³/mol. The molecule has 0 aromatic heterocycles. The second kappa shape index (κ2) is 11.7. The number of rotatable bonds is 11.